The maximum Gasteiger partial charge on any atom is 0.208 e. The number of benzene rings is 3. The molecule has 0 radical (unpaired) electrons. The lowest BCUT2D eigenvalue weighted by Crippen LogP contribution is -2.06. The van der Waals surface area contributed by atoms with Gasteiger partial charge in [0, 0.05) is 11.1 Å². The van der Waals surface area contributed by atoms with Gasteiger partial charge in [-0.1, -0.05) is 78.9 Å². The Morgan fingerprint density at radius 2 is 1.07 bits per heavy atom. The molecule has 0 atom stereocenters. The molecule has 4 aromatic rings. The van der Waals surface area contributed by atoms with E-state index in [1.807, 2.05) is 60.7 Å². The molecule has 132 valence electrons. The van der Waals surface area contributed by atoms with Gasteiger partial charge >= 0.3 is 0 Å². The number of rotatable bonds is 4. The van der Waals surface area contributed by atoms with E-state index in [4.69, 9.17) is 4.98 Å². The van der Waals surface area contributed by atoms with E-state index in [-0.39, 0.29) is 9.79 Å². The number of pyridine rings is 1. The molecule has 0 bridgehead atoms. The van der Waals surface area contributed by atoms with Crippen LogP contribution in [0.2, 0.25) is 0 Å². The minimum atomic E-state index is -3.68. The van der Waals surface area contributed by atoms with Crippen LogP contribution < -0.4 is 0 Å². The second-order valence-electron chi connectivity index (χ2n) is 6.09. The van der Waals surface area contributed by atoms with Gasteiger partial charge in [-0.3, -0.25) is 0 Å². The Kier molecular flexibility index (Phi) is 4.57. The Balaban J connectivity index is 1.95. The van der Waals surface area contributed by atoms with E-state index in [1.54, 1.807) is 42.5 Å². The van der Waals surface area contributed by atoms with E-state index < -0.39 is 9.84 Å². The van der Waals surface area contributed by atoms with Gasteiger partial charge in [-0.25, -0.2) is 13.4 Å². The maximum absolute atomic E-state index is 13.2. The summed E-state index contributed by atoms with van der Waals surface area (Å²) >= 11 is 0. The minimum Gasteiger partial charge on any atom is -0.246 e. The van der Waals surface area contributed by atoms with Gasteiger partial charge in [-0.2, -0.15) is 0 Å². The van der Waals surface area contributed by atoms with Crippen molar-refractivity contribution in [2.24, 2.45) is 0 Å². The van der Waals surface area contributed by atoms with Crippen LogP contribution in [0.5, 0.6) is 0 Å². The molecule has 1 aromatic heterocycles. The largest absolute Gasteiger partial charge is 0.246 e. The molecule has 0 saturated carbocycles. The summed E-state index contributed by atoms with van der Waals surface area (Å²) in [5, 5.41) is 0. The maximum atomic E-state index is 13.2. The molecular weight excluding hydrogens is 354 g/mol. The normalized spacial score (nSPS) is 11.3. The molecule has 0 aliphatic heterocycles. The first-order chi connectivity index (χ1) is 13.2. The van der Waals surface area contributed by atoms with Gasteiger partial charge in [0.15, 0.2) is 0 Å². The Morgan fingerprint density at radius 3 is 1.67 bits per heavy atom. The van der Waals surface area contributed by atoms with Gasteiger partial charge in [-0.15, -0.1) is 0 Å². The molecule has 4 heteroatoms. The summed E-state index contributed by atoms with van der Waals surface area (Å²) in [6.45, 7) is 0. The average molecular weight is 371 g/mol. The van der Waals surface area contributed by atoms with Crippen molar-refractivity contribution in [3.05, 3.63) is 103 Å². The van der Waals surface area contributed by atoms with Crippen LogP contribution >= 0.6 is 0 Å². The summed E-state index contributed by atoms with van der Waals surface area (Å²) in [4.78, 5) is 5.19. The highest BCUT2D eigenvalue weighted by atomic mass is 32.2. The van der Waals surface area contributed by atoms with E-state index in [1.165, 1.54) is 0 Å². The SMILES string of the molecule is O=S(=O)(c1ccccc1)c1ccc(-c2ccccc2)nc1-c1ccccc1. The van der Waals surface area contributed by atoms with Crippen molar-refractivity contribution in [2.45, 2.75) is 9.79 Å². The zero-order chi connectivity index (χ0) is 18.7. The van der Waals surface area contributed by atoms with Crippen LogP contribution in [0, 0.1) is 0 Å². The second-order valence-corrected chi connectivity index (χ2v) is 8.01. The predicted molar refractivity (Wildman–Crippen MR) is 107 cm³/mol. The summed E-state index contributed by atoms with van der Waals surface area (Å²) < 4.78 is 26.5. The van der Waals surface area contributed by atoms with Gasteiger partial charge in [-0.05, 0) is 24.3 Å². The lowest BCUT2D eigenvalue weighted by Gasteiger charge is -2.12. The topological polar surface area (TPSA) is 47.0 Å². The van der Waals surface area contributed by atoms with Crippen molar-refractivity contribution >= 4 is 9.84 Å². The van der Waals surface area contributed by atoms with Crippen LogP contribution in [0.4, 0.5) is 0 Å². The van der Waals surface area contributed by atoms with Gasteiger partial charge in [0.05, 0.1) is 21.2 Å². The molecule has 0 spiro atoms. The molecule has 3 nitrogen and oxygen atoms in total. The van der Waals surface area contributed by atoms with E-state index in [0.717, 1.165) is 16.8 Å². The fourth-order valence-corrected chi connectivity index (χ4v) is 4.40. The molecule has 0 saturated heterocycles. The summed E-state index contributed by atoms with van der Waals surface area (Å²) in [5.74, 6) is 0. The first kappa shape index (κ1) is 17.2. The Labute approximate surface area is 158 Å². The average Bonchev–Trinajstić information content (AvgIpc) is 2.75. The molecule has 0 fully saturated rings. The van der Waals surface area contributed by atoms with Crippen molar-refractivity contribution in [3.63, 3.8) is 0 Å². The van der Waals surface area contributed by atoms with E-state index in [2.05, 4.69) is 0 Å². The lowest BCUT2D eigenvalue weighted by atomic mass is 10.1. The van der Waals surface area contributed by atoms with Crippen molar-refractivity contribution in [1.29, 1.82) is 0 Å². The summed E-state index contributed by atoms with van der Waals surface area (Å²) in [6.07, 6.45) is 0. The van der Waals surface area contributed by atoms with Crippen LogP contribution in [-0.4, -0.2) is 13.4 Å². The number of hydrogen-bond donors (Lipinski definition) is 0. The molecule has 0 aliphatic carbocycles. The minimum absolute atomic E-state index is 0.208. The third kappa shape index (κ3) is 3.39. The molecule has 1 heterocycles. The Hall–Kier alpha value is -3.24. The zero-order valence-electron chi connectivity index (χ0n) is 14.5. The van der Waals surface area contributed by atoms with Crippen LogP contribution in [0.25, 0.3) is 22.5 Å². The van der Waals surface area contributed by atoms with Crippen LogP contribution in [-0.2, 0) is 9.84 Å². The fourth-order valence-electron chi connectivity index (χ4n) is 2.96. The van der Waals surface area contributed by atoms with Crippen molar-refractivity contribution in [2.75, 3.05) is 0 Å². The molecule has 0 N–H and O–H groups in total. The van der Waals surface area contributed by atoms with Crippen molar-refractivity contribution in [3.8, 4) is 22.5 Å². The van der Waals surface area contributed by atoms with Crippen molar-refractivity contribution < 1.29 is 8.42 Å². The molecule has 27 heavy (non-hydrogen) atoms. The first-order valence-corrected chi connectivity index (χ1v) is 10.1. The standard InChI is InChI=1S/C23H17NO2S/c25-27(26,20-14-8-3-9-15-20)22-17-16-21(18-10-4-1-5-11-18)24-23(22)19-12-6-2-7-13-19/h1-17H. The van der Waals surface area contributed by atoms with Crippen LogP contribution in [0.1, 0.15) is 0 Å². The lowest BCUT2D eigenvalue weighted by molar-refractivity contribution is 0.596. The number of nitrogens with zero attached hydrogens (tertiary/aromatic N) is 1. The highest BCUT2D eigenvalue weighted by Crippen LogP contribution is 2.32. The van der Waals surface area contributed by atoms with Crippen molar-refractivity contribution in [1.82, 2.24) is 4.98 Å². The van der Waals surface area contributed by atoms with Crippen LogP contribution in [0.3, 0.4) is 0 Å². The van der Waals surface area contributed by atoms with Gasteiger partial charge < -0.3 is 0 Å². The van der Waals surface area contributed by atoms with Gasteiger partial charge in [0.25, 0.3) is 0 Å². The number of hydrogen-bond acceptors (Lipinski definition) is 3. The Morgan fingerprint density at radius 1 is 0.556 bits per heavy atom. The summed E-state index contributed by atoms with van der Waals surface area (Å²) in [5.41, 5.74) is 2.91. The van der Waals surface area contributed by atoms with E-state index in [9.17, 15) is 8.42 Å². The molecule has 0 amide bonds. The fraction of sp³-hybridized carbons (Fsp3) is 0. The first-order valence-electron chi connectivity index (χ1n) is 8.58. The predicted octanol–water partition coefficient (Wildman–Crippen LogP) is 5.25. The third-order valence-corrected chi connectivity index (χ3v) is 6.12. The molecule has 0 unspecified atom stereocenters. The molecular formula is C23H17NO2S. The third-order valence-electron chi connectivity index (χ3n) is 4.32. The van der Waals surface area contributed by atoms with E-state index >= 15 is 0 Å². The van der Waals surface area contributed by atoms with Gasteiger partial charge in [0.2, 0.25) is 9.84 Å². The summed E-state index contributed by atoms with van der Waals surface area (Å²) in [7, 11) is -3.68. The Bertz CT molecular complexity index is 1160. The second kappa shape index (κ2) is 7.17. The summed E-state index contributed by atoms with van der Waals surface area (Å²) in [6, 6.07) is 31.0. The van der Waals surface area contributed by atoms with Crippen LogP contribution in [0.15, 0.2) is 113 Å². The smallest absolute Gasteiger partial charge is 0.208 e. The zero-order valence-corrected chi connectivity index (χ0v) is 15.3. The quantitative estimate of drug-likeness (QED) is 0.492. The highest BCUT2D eigenvalue weighted by molar-refractivity contribution is 7.91. The van der Waals surface area contributed by atoms with E-state index in [0.29, 0.717) is 5.69 Å². The highest BCUT2D eigenvalue weighted by Gasteiger charge is 2.23. The van der Waals surface area contributed by atoms with Gasteiger partial charge in [0.1, 0.15) is 0 Å². The number of sulfone groups is 1. The monoisotopic (exact) mass is 371 g/mol. The molecule has 3 aromatic carbocycles. The number of aromatic nitrogens is 1. The molecule has 4 rings (SSSR count). The molecule has 0 aliphatic rings.